The van der Waals surface area contributed by atoms with Crippen molar-refractivity contribution in [1.29, 1.82) is 0 Å². The Labute approximate surface area is 174 Å². The number of pyridine rings is 1. The van der Waals surface area contributed by atoms with Gasteiger partial charge in [0.25, 0.3) is 5.91 Å². The molecule has 2 aliphatic rings. The van der Waals surface area contributed by atoms with Gasteiger partial charge in [-0.15, -0.1) is 0 Å². The smallest absolute Gasteiger partial charge is 0.484 e. The molecule has 0 aromatic carbocycles. The Morgan fingerprint density at radius 3 is 2.70 bits per heavy atom. The molecular weight excluding hydrogens is 425 g/mol. The first kappa shape index (κ1) is 22.0. The number of hydrogen-bond acceptors (Lipinski definition) is 6. The minimum Gasteiger partial charge on any atom is -0.484 e. The summed E-state index contributed by atoms with van der Waals surface area (Å²) in [7, 11) is 0. The number of hydrogen-bond donors (Lipinski definition) is 1. The first-order valence-corrected chi connectivity index (χ1v) is 10.0. The number of carbonyl (C=O) groups is 2. The van der Waals surface area contributed by atoms with E-state index in [0.717, 1.165) is 30.8 Å². The molecule has 2 saturated heterocycles. The number of alkyl halides is 3. The third kappa shape index (κ3) is 5.28. The monoisotopic (exact) mass is 444 g/mol. The number of nitrogens with zero attached hydrogens (tertiary/aromatic N) is 2. The number of rotatable bonds is 3. The minimum atomic E-state index is -5.08. The van der Waals surface area contributed by atoms with E-state index in [2.05, 4.69) is 4.98 Å². The van der Waals surface area contributed by atoms with Crippen LogP contribution in [0, 0.1) is 0 Å². The molecule has 30 heavy (non-hydrogen) atoms. The van der Waals surface area contributed by atoms with E-state index >= 15 is 0 Å². The molecular formula is C19H19F3N2O5S. The highest BCUT2D eigenvalue weighted by atomic mass is 32.1. The molecule has 0 aliphatic carbocycles. The van der Waals surface area contributed by atoms with Crippen LogP contribution in [-0.4, -0.2) is 64.4 Å². The van der Waals surface area contributed by atoms with Crippen molar-refractivity contribution in [2.45, 2.75) is 37.3 Å². The maximum atomic E-state index is 12.8. The van der Waals surface area contributed by atoms with Crippen LogP contribution in [-0.2, 0) is 9.53 Å². The zero-order valence-electron chi connectivity index (χ0n) is 15.6. The Kier molecular flexibility index (Phi) is 6.93. The summed E-state index contributed by atoms with van der Waals surface area (Å²) in [5.74, 6) is -1.97. The third-order valence-electron chi connectivity index (χ3n) is 4.67. The molecule has 0 radical (unpaired) electrons. The van der Waals surface area contributed by atoms with E-state index in [1.807, 2.05) is 33.9 Å². The summed E-state index contributed by atoms with van der Waals surface area (Å²) in [4.78, 5) is 27.7. The summed E-state index contributed by atoms with van der Waals surface area (Å²) >= 11 is 1.54. The predicted octanol–water partition coefficient (Wildman–Crippen LogP) is 3.23. The molecule has 2 aliphatic heterocycles. The molecule has 2 aromatic rings. The van der Waals surface area contributed by atoms with Crippen molar-refractivity contribution < 1.29 is 37.3 Å². The molecule has 2 aromatic heterocycles. The van der Waals surface area contributed by atoms with Crippen LogP contribution in [0.15, 0.2) is 41.4 Å². The van der Waals surface area contributed by atoms with Crippen molar-refractivity contribution in [2.24, 2.45) is 0 Å². The second kappa shape index (κ2) is 9.43. The van der Waals surface area contributed by atoms with Gasteiger partial charge in [0.05, 0.1) is 24.3 Å². The topological polar surface area (TPSA) is 89.0 Å². The molecule has 0 unspecified atom stereocenters. The van der Waals surface area contributed by atoms with Crippen molar-refractivity contribution in [2.75, 3.05) is 13.2 Å². The van der Waals surface area contributed by atoms with Crippen LogP contribution in [0.5, 0.6) is 5.75 Å². The number of carboxylic acid groups (broad SMARTS) is 1. The van der Waals surface area contributed by atoms with Gasteiger partial charge >= 0.3 is 12.1 Å². The number of aliphatic carboxylic acids is 1. The molecule has 162 valence electrons. The average Bonchev–Trinajstić information content (AvgIpc) is 3.37. The molecule has 0 spiro atoms. The highest BCUT2D eigenvalue weighted by Crippen LogP contribution is 2.32. The number of carbonyl (C=O) groups excluding carboxylic acids is 1. The number of ether oxygens (including phenoxy) is 2. The van der Waals surface area contributed by atoms with Gasteiger partial charge in [0.1, 0.15) is 18.0 Å². The van der Waals surface area contributed by atoms with E-state index < -0.39 is 12.1 Å². The lowest BCUT2D eigenvalue weighted by Crippen LogP contribution is -2.44. The van der Waals surface area contributed by atoms with Gasteiger partial charge in [0, 0.05) is 18.2 Å². The Morgan fingerprint density at radius 2 is 2.10 bits per heavy atom. The highest BCUT2D eigenvalue weighted by molar-refractivity contribution is 7.08. The summed E-state index contributed by atoms with van der Waals surface area (Å²) in [6, 6.07) is 5.70. The van der Waals surface area contributed by atoms with Gasteiger partial charge in [0.2, 0.25) is 0 Å². The Morgan fingerprint density at radius 1 is 1.33 bits per heavy atom. The van der Waals surface area contributed by atoms with Crippen molar-refractivity contribution >= 4 is 23.2 Å². The largest absolute Gasteiger partial charge is 0.490 e. The van der Waals surface area contributed by atoms with Gasteiger partial charge < -0.3 is 19.5 Å². The third-order valence-corrected chi connectivity index (χ3v) is 5.35. The standard InChI is InChI=1S/C17H18N2O3S.C2HF3O2/c20-17(12-5-8-23-11-12)19-10-15(16-14(19)4-2-7-21-16)22-13-3-1-6-18-9-13;3-2(4,5)1(6)7/h1,3,5-6,8-9,11,14-16H,2,4,7,10H2;(H,6,7)/t14-,15-,16+;/m1./s1. The SMILES string of the molecule is O=C(O)C(F)(F)F.O=C(c1ccsc1)N1C[C@@H](Oc2cccnc2)[C@H]2OCCC[C@H]21. The molecule has 7 nitrogen and oxygen atoms in total. The zero-order chi connectivity index (χ0) is 21.7. The molecule has 11 heteroatoms. The zero-order valence-corrected chi connectivity index (χ0v) is 16.4. The average molecular weight is 444 g/mol. The first-order valence-electron chi connectivity index (χ1n) is 9.09. The van der Waals surface area contributed by atoms with E-state index in [0.29, 0.717) is 6.54 Å². The van der Waals surface area contributed by atoms with Crippen LogP contribution in [0.4, 0.5) is 13.2 Å². The number of likely N-dealkylation sites (tertiary alicyclic amines) is 1. The van der Waals surface area contributed by atoms with Crippen molar-refractivity contribution in [3.8, 4) is 5.75 Å². The molecule has 2 fully saturated rings. The summed E-state index contributed by atoms with van der Waals surface area (Å²) in [5, 5.41) is 11.0. The Bertz CT molecular complexity index is 848. The van der Waals surface area contributed by atoms with E-state index in [9.17, 15) is 18.0 Å². The van der Waals surface area contributed by atoms with Crippen LogP contribution < -0.4 is 4.74 Å². The highest BCUT2D eigenvalue weighted by Gasteiger charge is 2.47. The van der Waals surface area contributed by atoms with Gasteiger partial charge in [-0.1, -0.05) is 0 Å². The quantitative estimate of drug-likeness (QED) is 0.782. The second-order valence-electron chi connectivity index (χ2n) is 6.66. The summed E-state index contributed by atoms with van der Waals surface area (Å²) in [6.45, 7) is 1.29. The fourth-order valence-corrected chi connectivity index (χ4v) is 4.02. The molecule has 0 saturated carbocycles. The van der Waals surface area contributed by atoms with E-state index in [1.165, 1.54) is 0 Å². The van der Waals surface area contributed by atoms with Gasteiger partial charge in [-0.25, -0.2) is 4.79 Å². The van der Waals surface area contributed by atoms with E-state index in [4.69, 9.17) is 19.4 Å². The minimum absolute atomic E-state index is 0.0634. The summed E-state index contributed by atoms with van der Waals surface area (Å²) in [5.41, 5.74) is 0.751. The van der Waals surface area contributed by atoms with Crippen LogP contribution >= 0.6 is 11.3 Å². The number of aromatic nitrogens is 1. The predicted molar refractivity (Wildman–Crippen MR) is 100 cm³/mol. The number of fused-ring (bicyclic) bond motifs is 1. The molecule has 4 heterocycles. The van der Waals surface area contributed by atoms with Gasteiger partial charge in [-0.3, -0.25) is 9.78 Å². The summed E-state index contributed by atoms with van der Waals surface area (Å²) < 4.78 is 43.7. The lowest BCUT2D eigenvalue weighted by Gasteiger charge is -2.31. The molecule has 1 N–H and O–H groups in total. The fraction of sp³-hybridized carbons (Fsp3) is 0.421. The van der Waals surface area contributed by atoms with Crippen molar-refractivity contribution in [1.82, 2.24) is 9.88 Å². The molecule has 4 rings (SSSR count). The fourth-order valence-electron chi connectivity index (χ4n) is 3.39. The van der Waals surface area contributed by atoms with Crippen LogP contribution in [0.2, 0.25) is 0 Å². The lowest BCUT2D eigenvalue weighted by atomic mass is 10.0. The number of carboxylic acids is 1. The lowest BCUT2D eigenvalue weighted by molar-refractivity contribution is -0.192. The summed E-state index contributed by atoms with van der Waals surface area (Å²) in [6.07, 6.45) is 0.0649. The van der Waals surface area contributed by atoms with Gasteiger partial charge in [-0.2, -0.15) is 24.5 Å². The maximum Gasteiger partial charge on any atom is 0.490 e. The van der Waals surface area contributed by atoms with E-state index in [1.54, 1.807) is 23.7 Å². The number of halogens is 3. The number of thiophene rings is 1. The van der Waals surface area contributed by atoms with Crippen molar-refractivity contribution in [3.05, 3.63) is 46.9 Å². The Balaban J connectivity index is 0.000000318. The van der Waals surface area contributed by atoms with Gasteiger partial charge in [0.15, 0.2) is 0 Å². The van der Waals surface area contributed by atoms with Gasteiger partial charge in [-0.05, 0) is 36.4 Å². The second-order valence-corrected chi connectivity index (χ2v) is 7.44. The molecule has 0 bridgehead atoms. The van der Waals surface area contributed by atoms with Crippen LogP contribution in [0.3, 0.4) is 0 Å². The van der Waals surface area contributed by atoms with Crippen molar-refractivity contribution in [3.63, 3.8) is 0 Å². The molecule has 3 atom stereocenters. The molecule has 1 amide bonds. The number of amides is 1. The maximum absolute atomic E-state index is 12.8. The normalized spacial score (nSPS) is 23.2. The first-order chi connectivity index (χ1) is 14.3. The van der Waals surface area contributed by atoms with Crippen LogP contribution in [0.25, 0.3) is 0 Å². The Hall–Kier alpha value is -2.66. The van der Waals surface area contributed by atoms with Crippen LogP contribution in [0.1, 0.15) is 23.2 Å². The van der Waals surface area contributed by atoms with E-state index in [-0.39, 0.29) is 24.2 Å².